The summed E-state index contributed by atoms with van der Waals surface area (Å²) in [5.74, 6) is 1.56. The quantitative estimate of drug-likeness (QED) is 0.145. The van der Waals surface area contributed by atoms with Crippen molar-refractivity contribution in [2.24, 2.45) is 11.8 Å². The second-order valence-corrected chi connectivity index (χ2v) is 18.5. The fourth-order valence-corrected chi connectivity index (χ4v) is 12.2. The van der Waals surface area contributed by atoms with Gasteiger partial charge in [-0.25, -0.2) is 0 Å². The summed E-state index contributed by atoms with van der Waals surface area (Å²) < 4.78 is 0. The molecule has 0 heterocycles. The van der Waals surface area contributed by atoms with Gasteiger partial charge in [0, 0.05) is 22.5 Å². The molecule has 1 spiro atoms. The van der Waals surface area contributed by atoms with Crippen molar-refractivity contribution in [3.63, 3.8) is 0 Å². The van der Waals surface area contributed by atoms with Crippen LogP contribution in [0.3, 0.4) is 0 Å². The average Bonchev–Trinajstić information content (AvgIpc) is 4.07. The fourth-order valence-electron chi connectivity index (χ4n) is 12.2. The molecule has 1 heteroatoms. The first-order chi connectivity index (χ1) is 31.7. The van der Waals surface area contributed by atoms with Gasteiger partial charge in [-0.1, -0.05) is 188 Å². The summed E-state index contributed by atoms with van der Waals surface area (Å²) in [4.78, 5) is 2.44. The van der Waals surface area contributed by atoms with Gasteiger partial charge in [0.15, 0.2) is 0 Å². The molecule has 0 amide bonds. The minimum Gasteiger partial charge on any atom is -0.310 e. The van der Waals surface area contributed by atoms with Crippen LogP contribution < -0.4 is 4.90 Å². The van der Waals surface area contributed by atoms with E-state index < -0.39 is 0 Å². The van der Waals surface area contributed by atoms with Crippen molar-refractivity contribution in [3.8, 4) is 55.6 Å². The van der Waals surface area contributed by atoms with Crippen molar-refractivity contribution in [2.75, 3.05) is 4.90 Å². The van der Waals surface area contributed by atoms with E-state index in [2.05, 4.69) is 229 Å². The molecule has 0 N–H and O–H groups in total. The van der Waals surface area contributed by atoms with Gasteiger partial charge in [-0.15, -0.1) is 0 Å². The molecule has 304 valence electrons. The number of rotatable bonds is 7. The lowest BCUT2D eigenvalue weighted by molar-refractivity contribution is 0.327. The van der Waals surface area contributed by atoms with E-state index in [1.54, 1.807) is 11.1 Å². The van der Waals surface area contributed by atoms with E-state index in [0.717, 1.165) is 28.9 Å². The highest BCUT2D eigenvalue weighted by molar-refractivity contribution is 6.08. The Bertz CT molecular complexity index is 3380. The van der Waals surface area contributed by atoms with Crippen LogP contribution in [0.1, 0.15) is 36.8 Å². The van der Waals surface area contributed by atoms with Gasteiger partial charge in [-0.3, -0.25) is 0 Å². The molecule has 2 saturated carbocycles. The molecule has 3 unspecified atom stereocenters. The lowest BCUT2D eigenvalue weighted by atomic mass is 9.66. The SMILES string of the molecule is c1ccc(-c2ccc(-c3ccc(N(c4ccc(-c5ccc6c(c5)C5(CC7CCC5C7)c5ccccc5-6)c(-c5ccccc5)c4)c4ccc5c(ccc6ccccc65)c4)cc3)cc2)cc1. The zero-order chi connectivity index (χ0) is 42.2. The van der Waals surface area contributed by atoms with Gasteiger partial charge >= 0.3 is 0 Å². The normalized spacial score (nSPS) is 18.1. The summed E-state index contributed by atoms with van der Waals surface area (Å²) >= 11 is 0. The van der Waals surface area contributed by atoms with E-state index in [-0.39, 0.29) is 5.41 Å². The molecule has 3 aliphatic carbocycles. The van der Waals surface area contributed by atoms with Crippen molar-refractivity contribution in [1.29, 1.82) is 0 Å². The molecule has 10 aromatic carbocycles. The van der Waals surface area contributed by atoms with Crippen molar-refractivity contribution >= 4 is 38.6 Å². The average molecular weight is 818 g/mol. The molecule has 64 heavy (non-hydrogen) atoms. The van der Waals surface area contributed by atoms with E-state index in [0.29, 0.717) is 0 Å². The molecule has 1 nitrogen and oxygen atoms in total. The molecule has 3 atom stereocenters. The molecule has 0 radical (unpaired) electrons. The van der Waals surface area contributed by atoms with Crippen LogP contribution in [0.5, 0.6) is 0 Å². The van der Waals surface area contributed by atoms with Gasteiger partial charge < -0.3 is 4.90 Å². The lowest BCUT2D eigenvalue weighted by Gasteiger charge is -2.36. The number of hydrogen-bond acceptors (Lipinski definition) is 1. The number of benzene rings is 10. The first kappa shape index (κ1) is 37.1. The highest BCUT2D eigenvalue weighted by atomic mass is 15.1. The Balaban J connectivity index is 0.949. The molecule has 2 fully saturated rings. The molecule has 10 aromatic rings. The smallest absolute Gasteiger partial charge is 0.0468 e. The third kappa shape index (κ3) is 5.91. The molecule has 0 aromatic heterocycles. The Morgan fingerprint density at radius 1 is 0.344 bits per heavy atom. The van der Waals surface area contributed by atoms with Gasteiger partial charge in [0.2, 0.25) is 0 Å². The summed E-state index contributed by atoms with van der Waals surface area (Å²) in [6.45, 7) is 0. The molecule has 0 aliphatic heterocycles. The number of nitrogens with zero attached hydrogens (tertiary/aromatic N) is 1. The third-order valence-corrected chi connectivity index (χ3v) is 15.1. The van der Waals surface area contributed by atoms with Gasteiger partial charge in [-0.2, -0.15) is 0 Å². The van der Waals surface area contributed by atoms with Crippen LogP contribution in [0, 0.1) is 11.8 Å². The maximum absolute atomic E-state index is 2.59. The maximum Gasteiger partial charge on any atom is 0.0468 e. The standard InChI is InChI=1S/C63H47N/c1-3-11-43(12-4-1)44-20-22-45(23-21-44)46-26-30-52(31-27-46)64(53-32-35-56-49(38-53)25-24-48-15-7-8-16-55(48)56)54-33-36-57(60(40-54)47-13-5-2-6-14-47)50-28-34-59-58-17-9-10-18-61(58)63(62(59)39-50)41-42-19-29-51(63)37-42/h1-18,20-28,30-36,38-40,42,51H,19,29,37,41H2. The monoisotopic (exact) mass is 817 g/mol. The van der Waals surface area contributed by atoms with Crippen LogP contribution in [-0.4, -0.2) is 0 Å². The molecule has 3 aliphatic rings. The summed E-state index contributed by atoms with van der Waals surface area (Å²) in [7, 11) is 0. The molecular formula is C63H47N. The highest BCUT2D eigenvalue weighted by Gasteiger charge is 2.56. The second kappa shape index (κ2) is 14.8. The first-order valence-electron chi connectivity index (χ1n) is 23.1. The Morgan fingerprint density at radius 2 is 0.906 bits per heavy atom. The zero-order valence-electron chi connectivity index (χ0n) is 35.8. The summed E-state index contributed by atoms with van der Waals surface area (Å²) in [5, 5.41) is 5.03. The van der Waals surface area contributed by atoms with Gasteiger partial charge in [0.1, 0.15) is 0 Å². The van der Waals surface area contributed by atoms with Crippen molar-refractivity contribution < 1.29 is 0 Å². The first-order valence-corrected chi connectivity index (χ1v) is 23.1. The van der Waals surface area contributed by atoms with Crippen molar-refractivity contribution in [3.05, 3.63) is 236 Å². The van der Waals surface area contributed by atoms with E-state index in [4.69, 9.17) is 0 Å². The van der Waals surface area contributed by atoms with E-state index in [1.807, 2.05) is 0 Å². The summed E-state index contributed by atoms with van der Waals surface area (Å²) in [5.41, 5.74) is 19.4. The largest absolute Gasteiger partial charge is 0.310 e. The Kier molecular flexibility index (Phi) is 8.59. The van der Waals surface area contributed by atoms with Crippen molar-refractivity contribution in [2.45, 2.75) is 31.1 Å². The molecule has 2 bridgehead atoms. The minimum atomic E-state index is 0.131. The Morgan fingerprint density at radius 3 is 1.66 bits per heavy atom. The van der Waals surface area contributed by atoms with Crippen LogP contribution in [0.4, 0.5) is 17.1 Å². The van der Waals surface area contributed by atoms with E-state index >= 15 is 0 Å². The van der Waals surface area contributed by atoms with Gasteiger partial charge in [0.05, 0.1) is 0 Å². The predicted molar refractivity (Wildman–Crippen MR) is 270 cm³/mol. The van der Waals surface area contributed by atoms with Crippen LogP contribution in [0.15, 0.2) is 224 Å². The molecule has 0 saturated heterocycles. The third-order valence-electron chi connectivity index (χ3n) is 15.1. The van der Waals surface area contributed by atoms with Crippen LogP contribution in [-0.2, 0) is 5.41 Å². The van der Waals surface area contributed by atoms with E-state index in [9.17, 15) is 0 Å². The zero-order valence-corrected chi connectivity index (χ0v) is 35.8. The predicted octanol–water partition coefficient (Wildman–Crippen LogP) is 17.2. The number of fused-ring (bicyclic) bond motifs is 11. The van der Waals surface area contributed by atoms with Gasteiger partial charge in [0.25, 0.3) is 0 Å². The highest BCUT2D eigenvalue weighted by Crippen LogP contribution is 2.66. The van der Waals surface area contributed by atoms with Crippen LogP contribution >= 0.6 is 0 Å². The summed E-state index contributed by atoms with van der Waals surface area (Å²) in [6, 6.07) is 83.8. The van der Waals surface area contributed by atoms with Crippen molar-refractivity contribution in [1.82, 2.24) is 0 Å². The second-order valence-electron chi connectivity index (χ2n) is 18.5. The maximum atomic E-state index is 2.59. The number of anilines is 3. The Labute approximate surface area is 375 Å². The fraction of sp³-hybridized carbons (Fsp3) is 0.111. The lowest BCUT2D eigenvalue weighted by Crippen LogP contribution is -2.31. The van der Waals surface area contributed by atoms with Crippen LogP contribution in [0.2, 0.25) is 0 Å². The van der Waals surface area contributed by atoms with Crippen LogP contribution in [0.25, 0.3) is 77.2 Å². The van der Waals surface area contributed by atoms with Gasteiger partial charge in [-0.05, 0) is 162 Å². The topological polar surface area (TPSA) is 3.24 Å². The van der Waals surface area contributed by atoms with E-state index in [1.165, 1.54) is 103 Å². The Hall–Kier alpha value is -7.48. The molecule has 13 rings (SSSR count). The molecular weight excluding hydrogens is 771 g/mol. The summed E-state index contributed by atoms with van der Waals surface area (Å²) in [6.07, 6.45) is 5.38. The minimum absolute atomic E-state index is 0.131. The number of hydrogen-bond donors (Lipinski definition) is 0.